The summed E-state index contributed by atoms with van der Waals surface area (Å²) in [6, 6.07) is 8.62. The molecule has 2 aromatic carbocycles. The van der Waals surface area contributed by atoms with Crippen molar-refractivity contribution in [3.8, 4) is 0 Å². The van der Waals surface area contributed by atoms with Crippen LogP contribution in [0.25, 0.3) is 0 Å². The molecule has 0 unspecified atom stereocenters. The molecule has 0 nitrogen and oxygen atoms in total. The number of hydrogen-bond acceptors (Lipinski definition) is 0. The second-order valence-corrected chi connectivity index (χ2v) is 16.6. The molecule has 0 amide bonds. The van der Waals surface area contributed by atoms with E-state index in [1.54, 1.807) is 38.2 Å². The molecule has 0 aliphatic heterocycles. The van der Waals surface area contributed by atoms with E-state index in [4.69, 9.17) is 0 Å². The number of hydrogen-bond donors (Lipinski definition) is 0. The minimum Gasteiger partial charge on any atom is -0.358 e. The fourth-order valence-corrected chi connectivity index (χ4v) is 7.73. The third-order valence-electron chi connectivity index (χ3n) is 7.02. The van der Waals surface area contributed by atoms with Gasteiger partial charge in [-0.15, -0.1) is 0 Å². The van der Waals surface area contributed by atoms with Gasteiger partial charge >= 0.3 is 21.7 Å². The van der Waals surface area contributed by atoms with Crippen LogP contribution in [0.15, 0.2) is 18.2 Å². The van der Waals surface area contributed by atoms with E-state index in [1.165, 1.54) is 50.1 Å². The molecule has 3 radical (unpaired) electrons. The molecule has 0 heterocycles. The van der Waals surface area contributed by atoms with Gasteiger partial charge in [0.25, 0.3) is 0 Å². The standard InChI is InChI=1S/C26H39Si2.2CH3.Ti/c1-18-13-23(16-24(14-18)28(5,6)7)27-17-26-21(4)19(2)20(3)25(26)15-22-11-9-8-10-12-22;;;/h13-14,16,22H,8-12,15,17H2,1-7H3;2*1H3;/q3*-1;+3. The predicted molar refractivity (Wildman–Crippen MR) is 143 cm³/mol. The van der Waals surface area contributed by atoms with E-state index in [0.29, 0.717) is 0 Å². The maximum atomic E-state index is 2.52. The van der Waals surface area contributed by atoms with Gasteiger partial charge in [0.15, 0.2) is 0 Å². The molecule has 31 heavy (non-hydrogen) atoms. The van der Waals surface area contributed by atoms with Crippen LogP contribution in [-0.2, 0) is 34.2 Å². The molecule has 0 atom stereocenters. The third kappa shape index (κ3) is 7.63. The Bertz CT molecular complexity index is 821. The van der Waals surface area contributed by atoms with Crippen molar-refractivity contribution in [2.24, 2.45) is 5.92 Å². The Morgan fingerprint density at radius 3 is 2.10 bits per heavy atom. The van der Waals surface area contributed by atoms with E-state index in [-0.39, 0.29) is 36.6 Å². The molecule has 169 valence electrons. The molecule has 3 heteroatoms. The quantitative estimate of drug-likeness (QED) is 0.314. The van der Waals surface area contributed by atoms with Gasteiger partial charge in [0.05, 0.1) is 17.6 Å². The van der Waals surface area contributed by atoms with E-state index in [1.807, 2.05) is 0 Å². The summed E-state index contributed by atoms with van der Waals surface area (Å²) in [6.45, 7) is 16.8. The molecular formula is C28H45Si2Ti. The van der Waals surface area contributed by atoms with Gasteiger partial charge < -0.3 is 14.9 Å². The van der Waals surface area contributed by atoms with Gasteiger partial charge in [-0.05, 0) is 19.3 Å². The molecule has 1 aliphatic carbocycles. The van der Waals surface area contributed by atoms with Crippen molar-refractivity contribution in [2.75, 3.05) is 0 Å². The van der Waals surface area contributed by atoms with E-state index < -0.39 is 8.07 Å². The summed E-state index contributed by atoms with van der Waals surface area (Å²) < 4.78 is 0. The SMILES string of the molecule is Cc1cc([Si]C[c-]2c(C)c(C)c(C)c2CC2CCCCC2)cc([Si](C)(C)C)c1.[CH3-].[CH3-].[Ti+3]. The smallest absolute Gasteiger partial charge is 0.358 e. The first-order valence-electron chi connectivity index (χ1n) is 11.3. The topological polar surface area (TPSA) is 0 Å². The molecule has 0 saturated heterocycles. The molecule has 1 saturated carbocycles. The first-order valence-corrected chi connectivity index (χ1v) is 16.0. The summed E-state index contributed by atoms with van der Waals surface area (Å²) in [4.78, 5) is 0. The van der Waals surface area contributed by atoms with Gasteiger partial charge in [0.1, 0.15) is 0 Å². The van der Waals surface area contributed by atoms with Crippen molar-refractivity contribution in [1.82, 2.24) is 0 Å². The summed E-state index contributed by atoms with van der Waals surface area (Å²) in [5.41, 5.74) is 9.57. The minimum atomic E-state index is -1.26. The van der Waals surface area contributed by atoms with Crippen LogP contribution < -0.4 is 10.4 Å². The zero-order valence-corrected chi connectivity index (χ0v) is 25.3. The number of rotatable bonds is 6. The first kappa shape index (κ1) is 30.7. The Morgan fingerprint density at radius 2 is 1.52 bits per heavy atom. The van der Waals surface area contributed by atoms with Crippen molar-refractivity contribution in [3.05, 3.63) is 66.4 Å². The van der Waals surface area contributed by atoms with Crippen LogP contribution in [-0.4, -0.2) is 17.6 Å². The fraction of sp³-hybridized carbons (Fsp3) is 0.536. The van der Waals surface area contributed by atoms with Gasteiger partial charge in [0.2, 0.25) is 0 Å². The molecule has 0 bridgehead atoms. The molecular weight excluding hydrogens is 440 g/mol. The summed E-state index contributed by atoms with van der Waals surface area (Å²) in [5.74, 6) is 0.924. The normalized spacial score (nSPS) is 14.4. The summed E-state index contributed by atoms with van der Waals surface area (Å²) in [5, 5.41) is 3.18. The summed E-state index contributed by atoms with van der Waals surface area (Å²) >= 11 is 0. The molecule has 1 aliphatic rings. The Hall–Kier alpha value is -0.282. The van der Waals surface area contributed by atoms with E-state index in [9.17, 15) is 0 Å². The zero-order valence-electron chi connectivity index (χ0n) is 21.8. The van der Waals surface area contributed by atoms with Crippen molar-refractivity contribution in [3.63, 3.8) is 0 Å². The second-order valence-electron chi connectivity index (χ2n) is 10.2. The molecule has 2 aromatic rings. The van der Waals surface area contributed by atoms with Crippen LogP contribution in [0.1, 0.15) is 65.5 Å². The van der Waals surface area contributed by atoms with Gasteiger partial charge in [-0.1, -0.05) is 113 Å². The van der Waals surface area contributed by atoms with Crippen LogP contribution in [0.2, 0.25) is 19.6 Å². The maximum Gasteiger partial charge on any atom is 3.00 e. The number of benzene rings is 1. The molecule has 0 N–H and O–H groups in total. The average Bonchev–Trinajstić information content (AvgIpc) is 2.84. The second kappa shape index (κ2) is 12.8. The Morgan fingerprint density at radius 1 is 0.903 bits per heavy atom. The van der Waals surface area contributed by atoms with E-state index in [2.05, 4.69) is 65.5 Å². The van der Waals surface area contributed by atoms with Crippen molar-refractivity contribution < 1.29 is 21.7 Å². The molecule has 1 fully saturated rings. The summed E-state index contributed by atoms with van der Waals surface area (Å²) in [6.07, 6.45) is 8.57. The average molecular weight is 486 g/mol. The van der Waals surface area contributed by atoms with Crippen LogP contribution in [0.3, 0.4) is 0 Å². The van der Waals surface area contributed by atoms with Crippen LogP contribution >= 0.6 is 0 Å². The fourth-order valence-electron chi connectivity index (χ4n) is 4.89. The van der Waals surface area contributed by atoms with E-state index >= 15 is 0 Å². The maximum absolute atomic E-state index is 2.52. The molecule has 0 spiro atoms. The van der Waals surface area contributed by atoms with Crippen LogP contribution in [0.4, 0.5) is 0 Å². The Kier molecular flexibility index (Phi) is 12.7. The molecule has 0 aromatic heterocycles. The minimum absolute atomic E-state index is 0. The van der Waals surface area contributed by atoms with Crippen molar-refractivity contribution in [1.29, 1.82) is 0 Å². The predicted octanol–water partition coefficient (Wildman–Crippen LogP) is 6.73. The van der Waals surface area contributed by atoms with E-state index in [0.717, 1.165) is 15.4 Å². The third-order valence-corrected chi connectivity index (χ3v) is 10.3. The molecule has 3 rings (SSSR count). The van der Waals surface area contributed by atoms with Gasteiger partial charge in [-0.25, -0.2) is 0 Å². The van der Waals surface area contributed by atoms with Crippen LogP contribution in [0, 0.1) is 48.5 Å². The van der Waals surface area contributed by atoms with Crippen LogP contribution in [0.5, 0.6) is 0 Å². The van der Waals surface area contributed by atoms with Crippen molar-refractivity contribution >= 4 is 28.0 Å². The number of aryl methyl sites for hydroxylation is 1. The summed E-state index contributed by atoms with van der Waals surface area (Å²) in [7, 11) is -0.365. The first-order chi connectivity index (χ1) is 13.2. The van der Waals surface area contributed by atoms with Gasteiger partial charge in [0, 0.05) is 0 Å². The Labute approximate surface area is 213 Å². The monoisotopic (exact) mass is 485 g/mol. The van der Waals surface area contributed by atoms with Gasteiger partial charge in [-0.3, -0.25) is 0 Å². The largest absolute Gasteiger partial charge is 3.00 e. The van der Waals surface area contributed by atoms with Crippen molar-refractivity contribution in [2.45, 2.75) is 91.9 Å². The Balaban J connectivity index is 0.00000300. The van der Waals surface area contributed by atoms with Gasteiger partial charge in [-0.2, -0.15) is 27.8 Å². The zero-order chi connectivity index (χ0) is 20.5.